The molecule has 0 aliphatic carbocycles. The zero-order valence-corrected chi connectivity index (χ0v) is 18.9. The van der Waals surface area contributed by atoms with Crippen LogP contribution in [0.4, 0.5) is 0 Å². The Morgan fingerprint density at radius 1 is 1.23 bits per heavy atom. The minimum atomic E-state index is -0.225. The predicted octanol–water partition coefficient (Wildman–Crippen LogP) is 3.75. The summed E-state index contributed by atoms with van der Waals surface area (Å²) in [5.41, 5.74) is 2.02. The quantitative estimate of drug-likeness (QED) is 0.538. The Labute approximate surface area is 193 Å². The van der Waals surface area contributed by atoms with Crippen LogP contribution in [0.3, 0.4) is 0 Å². The zero-order valence-electron chi connectivity index (χ0n) is 16.6. The van der Waals surface area contributed by atoms with E-state index in [0.29, 0.717) is 65.6 Å². The maximum Gasteiger partial charge on any atom is 0.267 e. The van der Waals surface area contributed by atoms with Gasteiger partial charge in [-0.05, 0) is 24.1 Å². The number of fused-ring (bicyclic) bond motifs is 1. The summed E-state index contributed by atoms with van der Waals surface area (Å²) >= 11 is 13.5. The van der Waals surface area contributed by atoms with Gasteiger partial charge in [0, 0.05) is 19.6 Å². The summed E-state index contributed by atoms with van der Waals surface area (Å²) in [6.07, 6.45) is 0.565. The number of halogens is 2. The number of morpholine rings is 1. The molecular formula is C21H21Cl2N3O4S. The van der Waals surface area contributed by atoms with E-state index in [0.717, 1.165) is 10.3 Å². The fraction of sp³-hybridized carbons (Fsp3) is 0.333. The predicted molar refractivity (Wildman–Crippen MR) is 122 cm³/mol. The van der Waals surface area contributed by atoms with Gasteiger partial charge < -0.3 is 24.7 Å². The molecule has 2 amide bonds. The first kappa shape index (κ1) is 22.0. The van der Waals surface area contributed by atoms with Gasteiger partial charge in [-0.1, -0.05) is 41.4 Å². The maximum atomic E-state index is 12.5. The van der Waals surface area contributed by atoms with Crippen molar-refractivity contribution in [3.63, 3.8) is 0 Å². The van der Waals surface area contributed by atoms with E-state index in [1.54, 1.807) is 11.0 Å². The molecule has 1 saturated heterocycles. The Balaban J connectivity index is 1.31. The molecule has 0 bridgehead atoms. The number of nitrogens with zero attached hydrogens (tertiary/aromatic N) is 1. The number of thiophene rings is 1. The van der Waals surface area contributed by atoms with Gasteiger partial charge in [-0.25, -0.2) is 0 Å². The molecule has 0 saturated carbocycles. The molecule has 2 aromatic heterocycles. The van der Waals surface area contributed by atoms with Gasteiger partial charge in [0.2, 0.25) is 0 Å². The van der Waals surface area contributed by atoms with E-state index in [1.165, 1.54) is 11.3 Å². The number of aromatic nitrogens is 1. The van der Waals surface area contributed by atoms with Gasteiger partial charge in [-0.2, -0.15) is 0 Å². The van der Waals surface area contributed by atoms with Crippen LogP contribution in [0.1, 0.15) is 16.1 Å². The lowest BCUT2D eigenvalue weighted by Crippen LogP contribution is -2.43. The molecule has 1 aliphatic heterocycles. The molecule has 0 atom stereocenters. The lowest BCUT2D eigenvalue weighted by Gasteiger charge is -2.26. The van der Waals surface area contributed by atoms with Crippen molar-refractivity contribution in [1.82, 2.24) is 15.2 Å². The normalized spacial score (nSPS) is 14.1. The molecule has 1 fully saturated rings. The van der Waals surface area contributed by atoms with Crippen LogP contribution in [0.2, 0.25) is 9.36 Å². The van der Waals surface area contributed by atoms with E-state index < -0.39 is 0 Å². The van der Waals surface area contributed by atoms with Crippen molar-refractivity contribution >= 4 is 56.6 Å². The van der Waals surface area contributed by atoms with E-state index >= 15 is 0 Å². The Kier molecular flexibility index (Phi) is 7.02. The van der Waals surface area contributed by atoms with E-state index in [2.05, 4.69) is 10.3 Å². The third-order valence-corrected chi connectivity index (χ3v) is 6.92. The van der Waals surface area contributed by atoms with E-state index in [9.17, 15) is 9.59 Å². The molecule has 164 valence electrons. The van der Waals surface area contributed by atoms with E-state index in [-0.39, 0.29) is 18.4 Å². The summed E-state index contributed by atoms with van der Waals surface area (Å²) in [6.45, 7) is 2.68. The number of aromatic amines is 1. The number of H-pyrrole nitrogens is 1. The standard InChI is InChI=1S/C21H21Cl2N3O4S/c22-18-19-16(31-20(18)23)11-14(25-19)21(28)24-6-5-13-3-1-2-4-15(13)30-12-17(27)26-7-9-29-10-8-26/h1-4,11,25H,5-10,12H2,(H,24,28). The molecule has 7 nitrogen and oxygen atoms in total. The summed E-state index contributed by atoms with van der Waals surface area (Å²) in [5.74, 6) is 0.355. The van der Waals surface area contributed by atoms with Gasteiger partial charge in [0.1, 0.15) is 15.8 Å². The van der Waals surface area contributed by atoms with Crippen molar-refractivity contribution in [2.75, 3.05) is 39.5 Å². The Hall–Kier alpha value is -2.26. The molecule has 1 aliphatic rings. The molecule has 1 aromatic carbocycles. The minimum Gasteiger partial charge on any atom is -0.483 e. The SMILES string of the molecule is O=C(NCCc1ccccc1OCC(=O)N1CCOCC1)c1cc2sc(Cl)c(Cl)c2[nH]1. The number of hydrogen-bond donors (Lipinski definition) is 2. The van der Waals surface area contributed by atoms with Gasteiger partial charge in [-0.3, -0.25) is 9.59 Å². The fourth-order valence-corrected chi connectivity index (χ4v) is 4.82. The van der Waals surface area contributed by atoms with Crippen LogP contribution in [0.25, 0.3) is 10.2 Å². The highest BCUT2D eigenvalue weighted by atomic mass is 35.5. The highest BCUT2D eigenvalue weighted by Crippen LogP contribution is 2.38. The number of ether oxygens (including phenoxy) is 2. The van der Waals surface area contributed by atoms with Crippen LogP contribution in [0.15, 0.2) is 30.3 Å². The van der Waals surface area contributed by atoms with E-state index in [4.69, 9.17) is 32.7 Å². The van der Waals surface area contributed by atoms with Crippen LogP contribution in [-0.2, 0) is 16.0 Å². The molecule has 0 spiro atoms. The number of benzene rings is 1. The van der Waals surface area contributed by atoms with Gasteiger partial charge in [0.15, 0.2) is 6.61 Å². The first-order valence-electron chi connectivity index (χ1n) is 9.84. The lowest BCUT2D eigenvalue weighted by molar-refractivity contribution is -0.137. The number of carbonyl (C=O) groups is 2. The zero-order chi connectivity index (χ0) is 21.8. The molecular weight excluding hydrogens is 461 g/mol. The van der Waals surface area contributed by atoms with Crippen molar-refractivity contribution in [2.45, 2.75) is 6.42 Å². The van der Waals surface area contributed by atoms with Gasteiger partial charge in [0.25, 0.3) is 11.8 Å². The van der Waals surface area contributed by atoms with Crippen LogP contribution < -0.4 is 10.1 Å². The van der Waals surface area contributed by atoms with E-state index in [1.807, 2.05) is 24.3 Å². The third kappa shape index (κ3) is 5.15. The van der Waals surface area contributed by atoms with Gasteiger partial charge in [0.05, 0.1) is 28.5 Å². The van der Waals surface area contributed by atoms with Crippen LogP contribution in [0, 0.1) is 0 Å². The smallest absolute Gasteiger partial charge is 0.267 e. The van der Waals surface area contributed by atoms with Crippen LogP contribution in [-0.4, -0.2) is 61.2 Å². The molecule has 0 unspecified atom stereocenters. The highest BCUT2D eigenvalue weighted by Gasteiger charge is 2.18. The lowest BCUT2D eigenvalue weighted by atomic mass is 10.1. The summed E-state index contributed by atoms with van der Waals surface area (Å²) in [4.78, 5) is 29.5. The number of amides is 2. The number of rotatable bonds is 7. The average Bonchev–Trinajstić information content (AvgIpc) is 3.32. The second-order valence-electron chi connectivity index (χ2n) is 7.01. The molecule has 10 heteroatoms. The Morgan fingerprint density at radius 2 is 2.00 bits per heavy atom. The Morgan fingerprint density at radius 3 is 2.77 bits per heavy atom. The summed E-state index contributed by atoms with van der Waals surface area (Å²) in [5, 5.41) is 3.32. The van der Waals surface area contributed by atoms with Crippen molar-refractivity contribution in [3.05, 3.63) is 50.9 Å². The summed E-state index contributed by atoms with van der Waals surface area (Å²) in [7, 11) is 0. The van der Waals surface area contributed by atoms with Crippen molar-refractivity contribution < 1.29 is 19.1 Å². The van der Waals surface area contributed by atoms with Crippen LogP contribution >= 0.6 is 34.5 Å². The maximum absolute atomic E-state index is 12.5. The number of para-hydroxylation sites is 1. The summed E-state index contributed by atoms with van der Waals surface area (Å²) in [6, 6.07) is 9.25. The third-order valence-electron chi connectivity index (χ3n) is 4.99. The number of hydrogen-bond acceptors (Lipinski definition) is 5. The second kappa shape index (κ2) is 9.91. The van der Waals surface area contributed by atoms with Crippen molar-refractivity contribution in [1.29, 1.82) is 0 Å². The van der Waals surface area contributed by atoms with Gasteiger partial charge >= 0.3 is 0 Å². The minimum absolute atomic E-state index is 0.0219. The largest absolute Gasteiger partial charge is 0.483 e. The second-order valence-corrected chi connectivity index (χ2v) is 9.04. The molecule has 3 heterocycles. The molecule has 4 rings (SSSR count). The summed E-state index contributed by atoms with van der Waals surface area (Å²) < 4.78 is 12.4. The monoisotopic (exact) mass is 481 g/mol. The molecule has 3 aromatic rings. The fourth-order valence-electron chi connectivity index (χ4n) is 3.34. The first-order chi connectivity index (χ1) is 15.0. The number of nitrogens with one attached hydrogen (secondary N) is 2. The first-order valence-corrected chi connectivity index (χ1v) is 11.4. The molecule has 0 radical (unpaired) electrons. The van der Waals surface area contributed by atoms with Gasteiger partial charge in [-0.15, -0.1) is 11.3 Å². The molecule has 31 heavy (non-hydrogen) atoms. The Bertz CT molecular complexity index is 1090. The highest BCUT2D eigenvalue weighted by molar-refractivity contribution is 7.23. The van der Waals surface area contributed by atoms with Crippen molar-refractivity contribution in [2.24, 2.45) is 0 Å². The molecule has 2 N–H and O–H groups in total. The number of carbonyl (C=O) groups excluding carboxylic acids is 2. The van der Waals surface area contributed by atoms with Crippen molar-refractivity contribution in [3.8, 4) is 5.75 Å². The topological polar surface area (TPSA) is 83.7 Å². The average molecular weight is 482 g/mol. The van der Waals surface area contributed by atoms with Crippen LogP contribution in [0.5, 0.6) is 5.75 Å².